The number of amides is 3. The summed E-state index contributed by atoms with van der Waals surface area (Å²) in [7, 11) is 0. The molecule has 3 N–H and O–H groups in total. The van der Waals surface area contributed by atoms with Crippen LogP contribution in [0.1, 0.15) is 36.5 Å². The lowest BCUT2D eigenvalue weighted by molar-refractivity contribution is -0.123. The number of ether oxygens (including phenoxy) is 1. The number of aromatic nitrogens is 1. The molecule has 0 spiro atoms. The minimum atomic E-state index is -0.672. The Balaban J connectivity index is 1.48. The van der Waals surface area contributed by atoms with E-state index in [0.717, 1.165) is 23.1 Å². The SMILES string of the molecule is CCCC(NC(=O)NCc1ccc(F)cc1)C(=O)NCc1ccnc(OCc2ccccc2)c1. The van der Waals surface area contributed by atoms with Crippen molar-refractivity contribution in [3.8, 4) is 5.88 Å². The molecule has 0 aliphatic heterocycles. The van der Waals surface area contributed by atoms with Crippen molar-refractivity contribution >= 4 is 11.9 Å². The fraction of sp³-hybridized carbons (Fsp3) is 0.269. The summed E-state index contributed by atoms with van der Waals surface area (Å²) in [5.74, 6) is -0.140. The monoisotopic (exact) mass is 464 g/mol. The molecule has 0 bridgehead atoms. The van der Waals surface area contributed by atoms with Gasteiger partial charge in [-0.3, -0.25) is 4.79 Å². The maximum absolute atomic E-state index is 13.0. The highest BCUT2D eigenvalue weighted by Gasteiger charge is 2.19. The Morgan fingerprint density at radius 2 is 1.68 bits per heavy atom. The number of hydrogen-bond acceptors (Lipinski definition) is 4. The molecule has 2 aromatic carbocycles. The molecule has 0 saturated heterocycles. The first-order valence-electron chi connectivity index (χ1n) is 11.2. The number of pyridine rings is 1. The van der Waals surface area contributed by atoms with Crippen LogP contribution in [0.2, 0.25) is 0 Å². The predicted octanol–water partition coefficient (Wildman–Crippen LogP) is 4.08. The molecule has 0 radical (unpaired) electrons. The summed E-state index contributed by atoms with van der Waals surface area (Å²) in [6.07, 6.45) is 2.85. The predicted molar refractivity (Wildman–Crippen MR) is 127 cm³/mol. The van der Waals surface area contributed by atoms with E-state index in [4.69, 9.17) is 4.74 Å². The first-order valence-corrected chi connectivity index (χ1v) is 11.2. The third-order valence-electron chi connectivity index (χ3n) is 5.06. The van der Waals surface area contributed by atoms with E-state index >= 15 is 0 Å². The van der Waals surface area contributed by atoms with Crippen molar-refractivity contribution < 1.29 is 18.7 Å². The average molecular weight is 465 g/mol. The highest BCUT2D eigenvalue weighted by molar-refractivity contribution is 5.86. The number of carbonyl (C=O) groups is 2. The van der Waals surface area contributed by atoms with Crippen LogP contribution in [0, 0.1) is 5.82 Å². The van der Waals surface area contributed by atoms with Crippen LogP contribution in [0.25, 0.3) is 0 Å². The van der Waals surface area contributed by atoms with Crippen molar-refractivity contribution in [2.24, 2.45) is 0 Å². The summed E-state index contributed by atoms with van der Waals surface area (Å²) >= 11 is 0. The van der Waals surface area contributed by atoms with E-state index in [9.17, 15) is 14.0 Å². The topological polar surface area (TPSA) is 92.4 Å². The van der Waals surface area contributed by atoms with Gasteiger partial charge in [0.05, 0.1) is 0 Å². The Hall–Kier alpha value is -3.94. The van der Waals surface area contributed by atoms with Crippen molar-refractivity contribution in [2.45, 2.75) is 45.5 Å². The lowest BCUT2D eigenvalue weighted by Crippen LogP contribution is -2.49. The number of nitrogens with one attached hydrogen (secondary N) is 3. The molecule has 1 heterocycles. The Bertz CT molecular complexity index is 1060. The van der Waals surface area contributed by atoms with Crippen molar-refractivity contribution in [2.75, 3.05) is 0 Å². The second kappa shape index (κ2) is 12.9. The summed E-state index contributed by atoms with van der Waals surface area (Å²) < 4.78 is 18.7. The van der Waals surface area contributed by atoms with Gasteiger partial charge in [-0.2, -0.15) is 0 Å². The lowest BCUT2D eigenvalue weighted by atomic mass is 10.1. The van der Waals surface area contributed by atoms with Gasteiger partial charge in [0.1, 0.15) is 18.5 Å². The number of nitrogens with zero attached hydrogens (tertiary/aromatic N) is 1. The number of rotatable bonds is 11. The molecule has 1 atom stereocenters. The zero-order valence-electron chi connectivity index (χ0n) is 19.1. The van der Waals surface area contributed by atoms with E-state index in [1.807, 2.05) is 37.3 Å². The van der Waals surface area contributed by atoms with E-state index in [-0.39, 0.29) is 24.8 Å². The Morgan fingerprint density at radius 3 is 2.41 bits per heavy atom. The van der Waals surface area contributed by atoms with E-state index in [0.29, 0.717) is 18.9 Å². The van der Waals surface area contributed by atoms with Gasteiger partial charge in [0.2, 0.25) is 11.8 Å². The van der Waals surface area contributed by atoms with Gasteiger partial charge in [0.25, 0.3) is 0 Å². The molecule has 1 unspecified atom stereocenters. The molecule has 0 saturated carbocycles. The largest absolute Gasteiger partial charge is 0.473 e. The highest BCUT2D eigenvalue weighted by atomic mass is 19.1. The van der Waals surface area contributed by atoms with Crippen molar-refractivity contribution in [3.63, 3.8) is 0 Å². The second-order valence-electron chi connectivity index (χ2n) is 7.79. The smallest absolute Gasteiger partial charge is 0.315 e. The van der Waals surface area contributed by atoms with Crippen LogP contribution in [0.15, 0.2) is 72.9 Å². The number of benzene rings is 2. The van der Waals surface area contributed by atoms with Crippen LogP contribution in [-0.2, 0) is 24.5 Å². The molecular weight excluding hydrogens is 435 g/mol. The Morgan fingerprint density at radius 1 is 0.941 bits per heavy atom. The van der Waals surface area contributed by atoms with E-state index < -0.39 is 12.1 Å². The van der Waals surface area contributed by atoms with Gasteiger partial charge in [0.15, 0.2) is 0 Å². The van der Waals surface area contributed by atoms with Gasteiger partial charge in [-0.1, -0.05) is 55.8 Å². The van der Waals surface area contributed by atoms with Gasteiger partial charge in [0, 0.05) is 25.4 Å². The molecule has 8 heteroatoms. The quantitative estimate of drug-likeness (QED) is 0.399. The fourth-order valence-corrected chi connectivity index (χ4v) is 3.23. The van der Waals surface area contributed by atoms with E-state index in [2.05, 4.69) is 20.9 Å². The lowest BCUT2D eigenvalue weighted by Gasteiger charge is -2.18. The van der Waals surface area contributed by atoms with Gasteiger partial charge in [-0.25, -0.2) is 14.2 Å². The summed E-state index contributed by atoms with van der Waals surface area (Å²) in [6.45, 7) is 2.86. The molecule has 0 fully saturated rings. The van der Waals surface area contributed by atoms with Crippen LogP contribution < -0.4 is 20.7 Å². The first-order chi connectivity index (χ1) is 16.5. The van der Waals surface area contributed by atoms with Crippen LogP contribution in [0.3, 0.4) is 0 Å². The first kappa shape index (κ1) is 24.7. The molecule has 3 rings (SSSR count). The fourth-order valence-electron chi connectivity index (χ4n) is 3.23. The summed E-state index contributed by atoms with van der Waals surface area (Å²) in [6, 6.07) is 18.1. The summed E-state index contributed by atoms with van der Waals surface area (Å²) in [5.41, 5.74) is 2.63. The summed E-state index contributed by atoms with van der Waals surface area (Å²) in [5, 5.41) is 8.27. The maximum atomic E-state index is 13.0. The van der Waals surface area contributed by atoms with Crippen LogP contribution in [-0.4, -0.2) is 23.0 Å². The van der Waals surface area contributed by atoms with E-state index in [1.165, 1.54) is 12.1 Å². The van der Waals surface area contributed by atoms with Gasteiger partial charge in [-0.05, 0) is 41.3 Å². The minimum Gasteiger partial charge on any atom is -0.473 e. The third kappa shape index (κ3) is 8.20. The molecule has 1 aromatic heterocycles. The Kier molecular flexibility index (Phi) is 9.40. The molecule has 7 nitrogen and oxygen atoms in total. The van der Waals surface area contributed by atoms with Gasteiger partial charge >= 0.3 is 6.03 Å². The van der Waals surface area contributed by atoms with Gasteiger partial charge < -0.3 is 20.7 Å². The highest BCUT2D eigenvalue weighted by Crippen LogP contribution is 2.12. The van der Waals surface area contributed by atoms with E-state index in [1.54, 1.807) is 30.5 Å². The third-order valence-corrected chi connectivity index (χ3v) is 5.06. The Labute approximate surface area is 198 Å². The average Bonchev–Trinajstić information content (AvgIpc) is 2.86. The summed E-state index contributed by atoms with van der Waals surface area (Å²) in [4.78, 5) is 29.2. The van der Waals surface area contributed by atoms with Crippen LogP contribution >= 0.6 is 0 Å². The molecule has 3 aromatic rings. The minimum absolute atomic E-state index is 0.231. The van der Waals surface area contributed by atoms with Crippen molar-refractivity contribution in [3.05, 3.63) is 95.4 Å². The van der Waals surface area contributed by atoms with Crippen LogP contribution in [0.5, 0.6) is 5.88 Å². The zero-order chi connectivity index (χ0) is 24.2. The molecule has 34 heavy (non-hydrogen) atoms. The number of halogens is 1. The van der Waals surface area contributed by atoms with Crippen molar-refractivity contribution in [1.29, 1.82) is 0 Å². The van der Waals surface area contributed by atoms with Crippen LogP contribution in [0.4, 0.5) is 9.18 Å². The van der Waals surface area contributed by atoms with Crippen molar-refractivity contribution in [1.82, 2.24) is 20.9 Å². The molecule has 178 valence electrons. The van der Waals surface area contributed by atoms with Gasteiger partial charge in [-0.15, -0.1) is 0 Å². The normalized spacial score (nSPS) is 11.4. The molecule has 0 aliphatic rings. The molecule has 0 aliphatic carbocycles. The standard InChI is InChI=1S/C26H29FN4O3/c1-2-6-23(31-26(33)30-16-19-9-11-22(27)12-10-19)25(32)29-17-21-13-14-28-24(15-21)34-18-20-7-4-3-5-8-20/h3-5,7-15,23H,2,6,16-18H2,1H3,(H,29,32)(H2,30,31,33). The number of hydrogen-bond donors (Lipinski definition) is 3. The number of urea groups is 1. The maximum Gasteiger partial charge on any atom is 0.315 e. The molecule has 3 amide bonds. The number of carbonyl (C=O) groups excluding carboxylic acids is 2. The zero-order valence-corrected chi connectivity index (χ0v) is 19.1. The molecular formula is C26H29FN4O3. The second-order valence-corrected chi connectivity index (χ2v) is 7.79.